The van der Waals surface area contributed by atoms with Crippen molar-refractivity contribution in [3.63, 3.8) is 0 Å². The molecule has 1 aromatic rings. The van der Waals surface area contributed by atoms with Crippen molar-refractivity contribution < 1.29 is 13.2 Å². The topological polar surface area (TPSA) is 46.6 Å². The Morgan fingerprint density at radius 1 is 1.33 bits per heavy atom. The molecule has 18 heavy (non-hydrogen) atoms. The number of nitrogens with zero attached hydrogens (tertiary/aromatic N) is 1. The van der Waals surface area contributed by atoms with Gasteiger partial charge in [-0.05, 0) is 25.1 Å². The highest BCUT2D eigenvalue weighted by molar-refractivity contribution is 7.89. The van der Waals surface area contributed by atoms with Gasteiger partial charge in [-0.3, -0.25) is 0 Å². The number of hydrogen-bond donors (Lipinski definition) is 0. The van der Waals surface area contributed by atoms with Gasteiger partial charge in [-0.25, -0.2) is 12.7 Å². The van der Waals surface area contributed by atoms with Crippen LogP contribution in [0, 0.1) is 0 Å². The molecule has 0 bridgehead atoms. The molecule has 0 aliphatic carbocycles. The lowest BCUT2D eigenvalue weighted by atomic mass is 10.2. The molecule has 0 N–H and O–H groups in total. The summed E-state index contributed by atoms with van der Waals surface area (Å²) in [7, 11) is -1.89. The van der Waals surface area contributed by atoms with Crippen LogP contribution >= 0.6 is 11.6 Å². The SMILES string of the molecule is CCOc1ccc(S(=O)(=O)N(C)CC)cc1CCl. The van der Waals surface area contributed by atoms with Crippen LogP contribution in [0.1, 0.15) is 19.4 Å². The summed E-state index contributed by atoms with van der Waals surface area (Å²) in [5.41, 5.74) is 0.684. The Labute approximate surface area is 114 Å². The molecule has 4 nitrogen and oxygen atoms in total. The van der Waals surface area contributed by atoms with Crippen LogP contribution in [0.2, 0.25) is 0 Å². The molecular weight excluding hydrogens is 274 g/mol. The number of hydrogen-bond acceptors (Lipinski definition) is 3. The number of benzene rings is 1. The monoisotopic (exact) mass is 291 g/mol. The highest BCUT2D eigenvalue weighted by Crippen LogP contribution is 2.25. The van der Waals surface area contributed by atoms with Crippen molar-refractivity contribution in [2.75, 3.05) is 20.2 Å². The molecule has 0 radical (unpaired) electrons. The fourth-order valence-electron chi connectivity index (χ4n) is 1.47. The van der Waals surface area contributed by atoms with Crippen LogP contribution in [0.4, 0.5) is 0 Å². The fourth-order valence-corrected chi connectivity index (χ4v) is 2.91. The molecule has 0 aromatic heterocycles. The van der Waals surface area contributed by atoms with E-state index in [1.807, 2.05) is 6.92 Å². The summed E-state index contributed by atoms with van der Waals surface area (Å²) >= 11 is 5.81. The average Bonchev–Trinajstić information content (AvgIpc) is 2.38. The van der Waals surface area contributed by atoms with Crippen LogP contribution in [0.25, 0.3) is 0 Å². The molecule has 6 heteroatoms. The molecule has 1 rings (SSSR count). The van der Waals surface area contributed by atoms with E-state index in [1.54, 1.807) is 32.2 Å². The summed E-state index contributed by atoms with van der Waals surface area (Å²) in [4.78, 5) is 0.242. The first-order chi connectivity index (χ1) is 8.47. The maximum absolute atomic E-state index is 12.1. The van der Waals surface area contributed by atoms with E-state index in [1.165, 1.54) is 4.31 Å². The van der Waals surface area contributed by atoms with E-state index in [4.69, 9.17) is 16.3 Å². The summed E-state index contributed by atoms with van der Waals surface area (Å²) < 4.78 is 31.0. The number of sulfonamides is 1. The van der Waals surface area contributed by atoms with E-state index >= 15 is 0 Å². The molecule has 0 aliphatic heterocycles. The molecule has 0 saturated heterocycles. The molecule has 0 fully saturated rings. The van der Waals surface area contributed by atoms with Crippen LogP contribution in [0.3, 0.4) is 0 Å². The van der Waals surface area contributed by atoms with Gasteiger partial charge in [-0.1, -0.05) is 6.92 Å². The van der Waals surface area contributed by atoms with E-state index in [0.29, 0.717) is 24.5 Å². The van der Waals surface area contributed by atoms with E-state index in [-0.39, 0.29) is 10.8 Å². The zero-order valence-electron chi connectivity index (χ0n) is 10.8. The number of rotatable bonds is 6. The average molecular weight is 292 g/mol. The van der Waals surface area contributed by atoms with Crippen molar-refractivity contribution in [1.82, 2.24) is 4.31 Å². The predicted octanol–water partition coefficient (Wildman–Crippen LogP) is 2.46. The minimum absolute atomic E-state index is 0.217. The van der Waals surface area contributed by atoms with Crippen molar-refractivity contribution >= 4 is 21.6 Å². The first-order valence-corrected chi connectivity index (χ1v) is 7.72. The van der Waals surface area contributed by atoms with E-state index in [2.05, 4.69) is 0 Å². The zero-order chi connectivity index (χ0) is 13.8. The maximum Gasteiger partial charge on any atom is 0.242 e. The van der Waals surface area contributed by atoms with Crippen molar-refractivity contribution in [2.24, 2.45) is 0 Å². The van der Waals surface area contributed by atoms with Crippen molar-refractivity contribution in [2.45, 2.75) is 24.6 Å². The lowest BCUT2D eigenvalue weighted by Crippen LogP contribution is -2.26. The molecule has 1 aromatic carbocycles. The minimum atomic E-state index is -3.43. The maximum atomic E-state index is 12.1. The Bertz CT molecular complexity index is 502. The first kappa shape index (κ1) is 15.3. The summed E-state index contributed by atoms with van der Waals surface area (Å²) in [5.74, 6) is 0.847. The lowest BCUT2D eigenvalue weighted by Gasteiger charge is -2.16. The standard InChI is InChI=1S/C12H18ClNO3S/c1-4-14(3)18(15,16)11-6-7-12(17-5-2)10(8-11)9-13/h6-8H,4-5,9H2,1-3H3. The van der Waals surface area contributed by atoms with Gasteiger partial charge in [-0.15, -0.1) is 11.6 Å². The number of alkyl halides is 1. The smallest absolute Gasteiger partial charge is 0.242 e. The van der Waals surface area contributed by atoms with Gasteiger partial charge in [0, 0.05) is 19.2 Å². The van der Waals surface area contributed by atoms with E-state index < -0.39 is 10.0 Å². The predicted molar refractivity (Wildman–Crippen MR) is 72.7 cm³/mol. The van der Waals surface area contributed by atoms with Gasteiger partial charge in [0.2, 0.25) is 10.0 Å². The third-order valence-corrected chi connectivity index (χ3v) is 4.85. The Balaban J connectivity index is 3.21. The van der Waals surface area contributed by atoms with E-state index in [0.717, 1.165) is 0 Å². The molecule has 102 valence electrons. The van der Waals surface area contributed by atoms with Crippen molar-refractivity contribution in [3.8, 4) is 5.75 Å². The van der Waals surface area contributed by atoms with Crippen LogP contribution in [-0.2, 0) is 15.9 Å². The second-order valence-corrected chi connectivity index (χ2v) is 6.07. The molecule has 0 amide bonds. The summed E-state index contributed by atoms with van der Waals surface area (Å²) in [6, 6.07) is 4.76. The second-order valence-electron chi connectivity index (χ2n) is 3.76. The van der Waals surface area contributed by atoms with E-state index in [9.17, 15) is 8.42 Å². The Morgan fingerprint density at radius 3 is 2.50 bits per heavy atom. The Hall–Kier alpha value is -0.780. The van der Waals surface area contributed by atoms with Crippen LogP contribution in [-0.4, -0.2) is 32.9 Å². The molecule has 0 aliphatic rings. The third kappa shape index (κ3) is 3.16. The van der Waals surface area contributed by atoms with Gasteiger partial charge in [0.1, 0.15) is 5.75 Å². The number of halogens is 1. The summed E-state index contributed by atoms with van der Waals surface area (Å²) in [6.45, 7) is 4.60. The highest BCUT2D eigenvalue weighted by Gasteiger charge is 2.20. The van der Waals surface area contributed by atoms with Gasteiger partial charge in [-0.2, -0.15) is 0 Å². The van der Waals surface area contributed by atoms with Gasteiger partial charge in [0.25, 0.3) is 0 Å². The summed E-state index contributed by atoms with van der Waals surface area (Å²) in [6.07, 6.45) is 0. The van der Waals surface area contributed by atoms with Crippen molar-refractivity contribution in [1.29, 1.82) is 0 Å². The van der Waals surface area contributed by atoms with Crippen LogP contribution in [0.5, 0.6) is 5.75 Å². The fraction of sp³-hybridized carbons (Fsp3) is 0.500. The normalized spacial score (nSPS) is 11.8. The highest BCUT2D eigenvalue weighted by atomic mass is 35.5. The molecule has 0 heterocycles. The number of ether oxygens (including phenoxy) is 1. The molecule has 0 unspecified atom stereocenters. The molecule has 0 spiro atoms. The van der Waals surface area contributed by atoms with Crippen LogP contribution in [0.15, 0.2) is 23.1 Å². The molecule has 0 atom stereocenters. The van der Waals surface area contributed by atoms with Gasteiger partial charge >= 0.3 is 0 Å². The van der Waals surface area contributed by atoms with Gasteiger partial charge < -0.3 is 4.74 Å². The first-order valence-electron chi connectivity index (χ1n) is 5.75. The van der Waals surface area contributed by atoms with Crippen LogP contribution < -0.4 is 4.74 Å². The lowest BCUT2D eigenvalue weighted by molar-refractivity contribution is 0.337. The second kappa shape index (κ2) is 6.41. The zero-order valence-corrected chi connectivity index (χ0v) is 12.4. The van der Waals surface area contributed by atoms with Gasteiger partial charge in [0.15, 0.2) is 0 Å². The molecular formula is C12H18ClNO3S. The quantitative estimate of drug-likeness (QED) is 0.757. The minimum Gasteiger partial charge on any atom is -0.494 e. The molecule has 0 saturated carbocycles. The summed E-state index contributed by atoms with van der Waals surface area (Å²) in [5, 5.41) is 0. The van der Waals surface area contributed by atoms with Crippen molar-refractivity contribution in [3.05, 3.63) is 23.8 Å². The third-order valence-electron chi connectivity index (χ3n) is 2.63. The Morgan fingerprint density at radius 2 is 2.00 bits per heavy atom. The largest absolute Gasteiger partial charge is 0.494 e. The Kier molecular flexibility index (Phi) is 5.44. The van der Waals surface area contributed by atoms with Gasteiger partial charge in [0.05, 0.1) is 17.4 Å².